The minimum absolute atomic E-state index is 0.369. The molecule has 5 nitrogen and oxygen atoms in total. The van der Waals surface area contributed by atoms with Gasteiger partial charge in [-0.3, -0.25) is 13.9 Å². The van der Waals surface area contributed by atoms with Gasteiger partial charge in [0.15, 0.2) is 0 Å². The molecule has 0 spiro atoms. The van der Waals surface area contributed by atoms with Crippen molar-refractivity contribution >= 4 is 33.4 Å². The molecular formula is C19H14ClN3O2. The third-order valence-electron chi connectivity index (χ3n) is 4.39. The van der Waals surface area contributed by atoms with Crippen LogP contribution in [0.3, 0.4) is 0 Å². The molecule has 0 aliphatic heterocycles. The van der Waals surface area contributed by atoms with Gasteiger partial charge in [-0.05, 0) is 18.2 Å². The Morgan fingerprint density at radius 1 is 0.960 bits per heavy atom. The van der Waals surface area contributed by atoms with Gasteiger partial charge in [0.05, 0.1) is 22.1 Å². The molecule has 0 saturated carbocycles. The molecule has 124 valence electrons. The summed E-state index contributed by atoms with van der Waals surface area (Å²) in [5.41, 5.74) is 1.84. The number of hydrogen-bond donors (Lipinski definition) is 0. The first-order chi connectivity index (χ1) is 12.0. The molecule has 0 radical (unpaired) electrons. The first-order valence-electron chi connectivity index (χ1n) is 7.73. The maximum atomic E-state index is 12.9. The number of aryl methyl sites for hydroxylation is 1. The molecule has 0 fully saturated rings. The third kappa shape index (κ3) is 2.27. The number of halogens is 1. The van der Waals surface area contributed by atoms with Gasteiger partial charge in [0.2, 0.25) is 0 Å². The van der Waals surface area contributed by atoms with Gasteiger partial charge >= 0.3 is 5.69 Å². The van der Waals surface area contributed by atoms with Crippen LogP contribution in [0.1, 0.15) is 0 Å². The fourth-order valence-corrected chi connectivity index (χ4v) is 3.32. The van der Waals surface area contributed by atoms with Crippen LogP contribution < -0.4 is 11.2 Å². The van der Waals surface area contributed by atoms with Crippen molar-refractivity contribution < 1.29 is 0 Å². The summed E-state index contributed by atoms with van der Waals surface area (Å²) < 4.78 is 2.58. The van der Waals surface area contributed by atoms with Crippen LogP contribution in [0.2, 0.25) is 5.02 Å². The summed E-state index contributed by atoms with van der Waals surface area (Å²) in [6, 6.07) is 14.8. The lowest BCUT2D eigenvalue weighted by molar-refractivity contribution is 0.715. The predicted molar refractivity (Wildman–Crippen MR) is 100 cm³/mol. The summed E-state index contributed by atoms with van der Waals surface area (Å²) in [7, 11) is 3.13. The second kappa shape index (κ2) is 5.57. The molecule has 0 saturated heterocycles. The maximum absolute atomic E-state index is 12.9. The van der Waals surface area contributed by atoms with E-state index < -0.39 is 0 Å². The summed E-state index contributed by atoms with van der Waals surface area (Å²) in [5.74, 6) is 0. The van der Waals surface area contributed by atoms with Gasteiger partial charge in [-0.1, -0.05) is 41.9 Å². The Kier molecular flexibility index (Phi) is 3.47. The zero-order valence-electron chi connectivity index (χ0n) is 13.7. The van der Waals surface area contributed by atoms with E-state index >= 15 is 0 Å². The SMILES string of the molecule is Cn1c(=O)c2c(-c3ccccc3)nc3ccc(Cl)cc3c2n(C)c1=O. The van der Waals surface area contributed by atoms with Crippen LogP contribution in [0, 0.1) is 0 Å². The smallest absolute Gasteiger partial charge is 0.295 e. The Balaban J connectivity index is 2.37. The number of rotatable bonds is 1. The van der Waals surface area contributed by atoms with E-state index in [9.17, 15) is 9.59 Å². The highest BCUT2D eigenvalue weighted by atomic mass is 35.5. The summed E-state index contributed by atoms with van der Waals surface area (Å²) in [6.45, 7) is 0. The van der Waals surface area contributed by atoms with Gasteiger partial charge in [-0.15, -0.1) is 0 Å². The average molecular weight is 352 g/mol. The Bertz CT molecular complexity index is 1260. The van der Waals surface area contributed by atoms with Gasteiger partial charge in [0.25, 0.3) is 5.56 Å². The molecule has 0 amide bonds. The zero-order chi connectivity index (χ0) is 17.7. The highest BCUT2D eigenvalue weighted by molar-refractivity contribution is 6.31. The minimum Gasteiger partial charge on any atom is -0.295 e. The fraction of sp³-hybridized carbons (Fsp3) is 0.105. The number of benzene rings is 2. The van der Waals surface area contributed by atoms with Crippen LogP contribution in [0.4, 0.5) is 0 Å². The van der Waals surface area contributed by atoms with Crippen molar-refractivity contribution in [2.24, 2.45) is 14.1 Å². The molecule has 6 heteroatoms. The number of fused-ring (bicyclic) bond motifs is 3. The van der Waals surface area contributed by atoms with Gasteiger partial charge < -0.3 is 0 Å². The average Bonchev–Trinajstić information content (AvgIpc) is 2.64. The van der Waals surface area contributed by atoms with Gasteiger partial charge in [-0.25, -0.2) is 9.78 Å². The van der Waals surface area contributed by atoms with E-state index in [2.05, 4.69) is 0 Å². The second-order valence-electron chi connectivity index (χ2n) is 5.92. The summed E-state index contributed by atoms with van der Waals surface area (Å²) in [5, 5.41) is 1.61. The summed E-state index contributed by atoms with van der Waals surface area (Å²) in [6.07, 6.45) is 0. The molecule has 0 aliphatic carbocycles. The third-order valence-corrected chi connectivity index (χ3v) is 4.63. The fourth-order valence-electron chi connectivity index (χ4n) is 3.15. The van der Waals surface area contributed by atoms with E-state index in [0.717, 1.165) is 10.1 Å². The molecule has 0 atom stereocenters. The molecule has 2 aromatic heterocycles. The molecule has 25 heavy (non-hydrogen) atoms. The van der Waals surface area contributed by atoms with Crippen molar-refractivity contribution in [3.05, 3.63) is 74.4 Å². The van der Waals surface area contributed by atoms with Crippen molar-refractivity contribution in [1.82, 2.24) is 14.1 Å². The summed E-state index contributed by atoms with van der Waals surface area (Å²) in [4.78, 5) is 30.1. The monoisotopic (exact) mass is 351 g/mol. The van der Waals surface area contributed by atoms with E-state index in [4.69, 9.17) is 16.6 Å². The standard InChI is InChI=1S/C19H14ClN3O2/c1-22-17-13-10-12(20)8-9-14(13)21-16(11-6-4-3-5-7-11)15(17)18(24)23(2)19(22)25/h3-10H,1-2H3. The molecule has 0 bridgehead atoms. The quantitative estimate of drug-likeness (QED) is 0.495. The van der Waals surface area contributed by atoms with Crippen LogP contribution in [-0.4, -0.2) is 14.1 Å². The number of pyridine rings is 1. The summed E-state index contributed by atoms with van der Waals surface area (Å²) >= 11 is 6.14. The Morgan fingerprint density at radius 2 is 1.68 bits per heavy atom. The van der Waals surface area contributed by atoms with Gasteiger partial charge in [0.1, 0.15) is 0 Å². The lowest BCUT2D eigenvalue weighted by atomic mass is 10.0. The lowest BCUT2D eigenvalue weighted by Crippen LogP contribution is -2.37. The molecule has 0 unspecified atom stereocenters. The Morgan fingerprint density at radius 3 is 2.40 bits per heavy atom. The van der Waals surface area contributed by atoms with Crippen LogP contribution in [-0.2, 0) is 14.1 Å². The van der Waals surface area contributed by atoms with E-state index in [-0.39, 0.29) is 11.2 Å². The second-order valence-corrected chi connectivity index (χ2v) is 6.35. The van der Waals surface area contributed by atoms with E-state index in [0.29, 0.717) is 32.5 Å². The number of aromatic nitrogens is 3. The molecule has 0 aliphatic rings. The zero-order valence-corrected chi connectivity index (χ0v) is 14.4. The van der Waals surface area contributed by atoms with Crippen molar-refractivity contribution in [2.75, 3.05) is 0 Å². The Hall–Kier alpha value is -2.92. The number of hydrogen-bond acceptors (Lipinski definition) is 3. The van der Waals surface area contributed by atoms with Crippen LogP contribution in [0.15, 0.2) is 58.1 Å². The molecule has 4 rings (SSSR count). The lowest BCUT2D eigenvalue weighted by Gasteiger charge is -2.14. The predicted octanol–water partition coefficient (Wildman–Crippen LogP) is 3.11. The van der Waals surface area contributed by atoms with Crippen LogP contribution in [0.25, 0.3) is 33.1 Å². The van der Waals surface area contributed by atoms with Gasteiger partial charge in [-0.2, -0.15) is 0 Å². The van der Waals surface area contributed by atoms with E-state index in [1.165, 1.54) is 11.6 Å². The molecule has 2 aromatic carbocycles. The molecule has 4 aromatic rings. The Labute approximate surface area is 147 Å². The minimum atomic E-state index is -0.385. The normalized spacial score (nSPS) is 11.3. The first-order valence-corrected chi connectivity index (χ1v) is 8.11. The van der Waals surface area contributed by atoms with Crippen LogP contribution in [0.5, 0.6) is 0 Å². The highest BCUT2D eigenvalue weighted by Crippen LogP contribution is 2.30. The van der Waals surface area contributed by atoms with E-state index in [1.807, 2.05) is 30.3 Å². The maximum Gasteiger partial charge on any atom is 0.330 e. The van der Waals surface area contributed by atoms with Crippen LogP contribution >= 0.6 is 11.6 Å². The van der Waals surface area contributed by atoms with Crippen molar-refractivity contribution in [1.29, 1.82) is 0 Å². The van der Waals surface area contributed by atoms with Gasteiger partial charge in [0, 0.05) is 30.1 Å². The van der Waals surface area contributed by atoms with Crippen molar-refractivity contribution in [3.63, 3.8) is 0 Å². The van der Waals surface area contributed by atoms with E-state index in [1.54, 1.807) is 25.2 Å². The highest BCUT2D eigenvalue weighted by Gasteiger charge is 2.18. The largest absolute Gasteiger partial charge is 0.330 e. The molecule has 2 heterocycles. The van der Waals surface area contributed by atoms with Crippen molar-refractivity contribution in [2.45, 2.75) is 0 Å². The molecule has 0 N–H and O–H groups in total. The topological polar surface area (TPSA) is 56.9 Å². The molecular weight excluding hydrogens is 338 g/mol. The van der Waals surface area contributed by atoms with Crippen molar-refractivity contribution in [3.8, 4) is 11.3 Å². The number of nitrogens with zero attached hydrogens (tertiary/aromatic N) is 3. The first kappa shape index (κ1) is 15.6.